The summed E-state index contributed by atoms with van der Waals surface area (Å²) in [5, 5.41) is 3.56. The number of rotatable bonds is 10. The maximum atomic E-state index is 12.6. The van der Waals surface area contributed by atoms with E-state index in [2.05, 4.69) is 23.5 Å². The fourth-order valence-corrected chi connectivity index (χ4v) is 4.60. The Morgan fingerprint density at radius 1 is 0.861 bits per heavy atom. The maximum absolute atomic E-state index is 12.6. The van der Waals surface area contributed by atoms with Crippen molar-refractivity contribution in [1.29, 1.82) is 0 Å². The van der Waals surface area contributed by atoms with Gasteiger partial charge in [0, 0.05) is 29.2 Å². The van der Waals surface area contributed by atoms with E-state index in [0.29, 0.717) is 11.1 Å². The summed E-state index contributed by atoms with van der Waals surface area (Å²) in [6.07, 6.45) is 0.880. The highest BCUT2D eigenvalue weighted by atomic mass is 16.7. The maximum Gasteiger partial charge on any atom is 0.231 e. The molecule has 4 aromatic rings. The second kappa shape index (κ2) is 11.1. The van der Waals surface area contributed by atoms with E-state index in [9.17, 15) is 4.79 Å². The van der Waals surface area contributed by atoms with Gasteiger partial charge in [-0.25, -0.2) is 0 Å². The molecule has 1 heterocycles. The quantitative estimate of drug-likeness (QED) is 0.224. The van der Waals surface area contributed by atoms with Crippen molar-refractivity contribution >= 4 is 5.78 Å². The SMILES string of the molecule is COc1ccccc1C(CCNCc1ccc(C(=O)c2ccccc2)cc1)c1ccc2c(c1)OCO2. The molecule has 0 bridgehead atoms. The van der Waals surface area contributed by atoms with Crippen LogP contribution in [0, 0.1) is 0 Å². The van der Waals surface area contributed by atoms with E-state index in [1.54, 1.807) is 7.11 Å². The lowest BCUT2D eigenvalue weighted by Crippen LogP contribution is -2.18. The minimum absolute atomic E-state index is 0.0403. The number of para-hydroxylation sites is 1. The summed E-state index contributed by atoms with van der Waals surface area (Å²) in [6.45, 7) is 1.79. The Hall–Kier alpha value is -4.09. The molecule has 5 rings (SSSR count). The van der Waals surface area contributed by atoms with Gasteiger partial charge in [-0.1, -0.05) is 78.9 Å². The highest BCUT2D eigenvalue weighted by Crippen LogP contribution is 2.39. The van der Waals surface area contributed by atoms with Gasteiger partial charge in [-0.05, 0) is 42.3 Å². The third-order valence-electron chi connectivity index (χ3n) is 6.50. The van der Waals surface area contributed by atoms with Crippen LogP contribution in [0.15, 0.2) is 97.1 Å². The summed E-state index contributed by atoms with van der Waals surface area (Å²) in [4.78, 5) is 12.6. The largest absolute Gasteiger partial charge is 0.496 e. The highest BCUT2D eigenvalue weighted by molar-refractivity contribution is 6.08. The van der Waals surface area contributed by atoms with Crippen molar-refractivity contribution in [2.24, 2.45) is 0 Å². The average molecular weight is 480 g/mol. The predicted octanol–water partition coefficient (Wildman–Crippen LogP) is 5.97. The summed E-state index contributed by atoms with van der Waals surface area (Å²) in [7, 11) is 1.71. The third kappa shape index (κ3) is 5.26. The van der Waals surface area contributed by atoms with Crippen LogP contribution in [-0.4, -0.2) is 26.2 Å². The molecule has 0 radical (unpaired) electrons. The Morgan fingerprint density at radius 3 is 2.39 bits per heavy atom. The minimum atomic E-state index is 0.0403. The van der Waals surface area contributed by atoms with Crippen LogP contribution < -0.4 is 19.5 Å². The lowest BCUT2D eigenvalue weighted by molar-refractivity contribution is 0.103. The van der Waals surface area contributed by atoms with Crippen LogP contribution in [0.3, 0.4) is 0 Å². The van der Waals surface area contributed by atoms with Gasteiger partial charge in [0.25, 0.3) is 0 Å². The van der Waals surface area contributed by atoms with Crippen molar-refractivity contribution in [2.45, 2.75) is 18.9 Å². The van der Waals surface area contributed by atoms with Gasteiger partial charge in [0.15, 0.2) is 17.3 Å². The topological polar surface area (TPSA) is 56.8 Å². The van der Waals surface area contributed by atoms with E-state index < -0.39 is 0 Å². The van der Waals surface area contributed by atoms with Crippen molar-refractivity contribution in [3.63, 3.8) is 0 Å². The molecular weight excluding hydrogens is 450 g/mol. The summed E-state index contributed by atoms with van der Waals surface area (Å²) >= 11 is 0. The molecule has 0 saturated heterocycles. The van der Waals surface area contributed by atoms with Crippen LogP contribution in [0.5, 0.6) is 17.2 Å². The Morgan fingerprint density at radius 2 is 1.58 bits per heavy atom. The standard InChI is InChI=1S/C31H29NO4/c1-34-28-10-6-5-9-27(28)26(25-15-16-29-30(19-25)36-21-35-29)17-18-32-20-22-11-13-24(14-12-22)31(33)23-7-3-2-4-8-23/h2-16,19,26,32H,17-18,20-21H2,1H3. The molecular formula is C31H29NO4. The van der Waals surface area contributed by atoms with Crippen molar-refractivity contribution in [2.75, 3.05) is 20.4 Å². The molecule has 5 nitrogen and oxygen atoms in total. The number of fused-ring (bicyclic) bond motifs is 1. The van der Waals surface area contributed by atoms with Gasteiger partial charge >= 0.3 is 0 Å². The second-order valence-corrected chi connectivity index (χ2v) is 8.76. The molecule has 0 fully saturated rings. The van der Waals surface area contributed by atoms with Crippen LogP contribution in [0.1, 0.15) is 45.0 Å². The number of hydrogen-bond donors (Lipinski definition) is 1. The lowest BCUT2D eigenvalue weighted by atomic mass is 9.87. The number of carbonyl (C=O) groups is 1. The van der Waals surface area contributed by atoms with Crippen molar-refractivity contribution < 1.29 is 19.0 Å². The lowest BCUT2D eigenvalue weighted by Gasteiger charge is -2.21. The van der Waals surface area contributed by atoms with Gasteiger partial charge in [-0.2, -0.15) is 0 Å². The molecule has 4 aromatic carbocycles. The number of nitrogens with one attached hydrogen (secondary N) is 1. The van der Waals surface area contributed by atoms with Gasteiger partial charge < -0.3 is 19.5 Å². The van der Waals surface area contributed by atoms with Crippen molar-refractivity contribution in [3.8, 4) is 17.2 Å². The fourth-order valence-electron chi connectivity index (χ4n) is 4.60. The third-order valence-corrected chi connectivity index (χ3v) is 6.50. The molecule has 182 valence electrons. The Kier molecular flexibility index (Phi) is 7.29. The van der Waals surface area contributed by atoms with Gasteiger partial charge in [-0.15, -0.1) is 0 Å². The molecule has 0 saturated carbocycles. The first-order valence-corrected chi connectivity index (χ1v) is 12.1. The molecule has 36 heavy (non-hydrogen) atoms. The summed E-state index contributed by atoms with van der Waals surface area (Å²) in [6, 6.07) is 31.5. The number of ketones is 1. The molecule has 1 atom stereocenters. The van der Waals surface area contributed by atoms with Crippen LogP contribution in [0.2, 0.25) is 0 Å². The predicted molar refractivity (Wildman–Crippen MR) is 140 cm³/mol. The molecule has 1 aliphatic rings. The molecule has 1 N–H and O–H groups in total. The molecule has 0 aliphatic carbocycles. The smallest absolute Gasteiger partial charge is 0.231 e. The van der Waals surface area contributed by atoms with Crippen LogP contribution >= 0.6 is 0 Å². The second-order valence-electron chi connectivity index (χ2n) is 8.76. The number of hydrogen-bond acceptors (Lipinski definition) is 5. The number of carbonyl (C=O) groups excluding carboxylic acids is 1. The van der Waals surface area contributed by atoms with Crippen LogP contribution in [-0.2, 0) is 6.54 Å². The monoisotopic (exact) mass is 479 g/mol. The van der Waals surface area contributed by atoms with Gasteiger partial charge in [0.1, 0.15) is 5.75 Å². The summed E-state index contributed by atoms with van der Waals surface area (Å²) in [5.41, 5.74) is 4.84. The van der Waals surface area contributed by atoms with Crippen molar-refractivity contribution in [3.05, 3.63) is 125 Å². The number of methoxy groups -OCH3 is 1. The van der Waals surface area contributed by atoms with E-state index >= 15 is 0 Å². The highest BCUT2D eigenvalue weighted by Gasteiger charge is 2.21. The van der Waals surface area contributed by atoms with Crippen LogP contribution in [0.4, 0.5) is 0 Å². The Labute approximate surface area is 211 Å². The normalized spacial score (nSPS) is 12.8. The molecule has 0 amide bonds. The van der Waals surface area contributed by atoms with Crippen molar-refractivity contribution in [1.82, 2.24) is 5.32 Å². The van der Waals surface area contributed by atoms with Gasteiger partial charge in [0.05, 0.1) is 7.11 Å². The molecule has 1 aliphatic heterocycles. The molecule has 5 heteroatoms. The van der Waals surface area contributed by atoms with E-state index in [1.807, 2.05) is 78.9 Å². The Bertz CT molecular complexity index is 1320. The van der Waals surface area contributed by atoms with E-state index in [0.717, 1.165) is 53.4 Å². The zero-order valence-corrected chi connectivity index (χ0v) is 20.3. The minimum Gasteiger partial charge on any atom is -0.496 e. The van der Waals surface area contributed by atoms with Gasteiger partial charge in [-0.3, -0.25) is 4.79 Å². The molecule has 0 spiro atoms. The summed E-state index contributed by atoms with van der Waals surface area (Å²) in [5.74, 6) is 2.61. The summed E-state index contributed by atoms with van der Waals surface area (Å²) < 4.78 is 16.8. The number of benzene rings is 4. The zero-order valence-electron chi connectivity index (χ0n) is 20.3. The first-order chi connectivity index (χ1) is 17.7. The van der Waals surface area contributed by atoms with E-state index in [1.165, 1.54) is 0 Å². The van der Waals surface area contributed by atoms with E-state index in [4.69, 9.17) is 14.2 Å². The average Bonchev–Trinajstić information content (AvgIpc) is 3.42. The van der Waals surface area contributed by atoms with Crippen LogP contribution in [0.25, 0.3) is 0 Å². The number of ether oxygens (including phenoxy) is 3. The molecule has 1 unspecified atom stereocenters. The van der Waals surface area contributed by atoms with E-state index in [-0.39, 0.29) is 18.5 Å². The first kappa shape index (κ1) is 23.6. The fraction of sp³-hybridized carbons (Fsp3) is 0.194. The Balaban J connectivity index is 1.25. The van der Waals surface area contributed by atoms with Gasteiger partial charge in [0.2, 0.25) is 6.79 Å². The first-order valence-electron chi connectivity index (χ1n) is 12.1. The molecule has 0 aromatic heterocycles. The zero-order chi connectivity index (χ0) is 24.7.